The summed E-state index contributed by atoms with van der Waals surface area (Å²) in [6.45, 7) is -1.33. The van der Waals surface area contributed by atoms with Crippen LogP contribution in [0.1, 0.15) is 26.5 Å². The minimum atomic E-state index is -2.96. The van der Waals surface area contributed by atoms with Crippen molar-refractivity contribution in [1.29, 1.82) is 0 Å². The van der Waals surface area contributed by atoms with Gasteiger partial charge in [-0.25, -0.2) is 9.97 Å². The molecule has 0 atom stereocenters. The van der Waals surface area contributed by atoms with Crippen LogP contribution in [0.2, 0.25) is 0 Å². The second-order valence-corrected chi connectivity index (χ2v) is 7.25. The van der Waals surface area contributed by atoms with Gasteiger partial charge >= 0.3 is 6.61 Å². The molecule has 156 valence electrons. The van der Waals surface area contributed by atoms with Crippen molar-refractivity contribution in [3.8, 4) is 17.0 Å². The van der Waals surface area contributed by atoms with E-state index in [2.05, 4.69) is 20.0 Å². The van der Waals surface area contributed by atoms with Gasteiger partial charge in [-0.3, -0.25) is 14.9 Å². The van der Waals surface area contributed by atoms with Crippen LogP contribution in [-0.2, 0) is 0 Å². The topological polar surface area (TPSA) is 84.4 Å². The van der Waals surface area contributed by atoms with Crippen molar-refractivity contribution >= 4 is 28.3 Å². The van der Waals surface area contributed by atoms with Crippen LogP contribution in [0.25, 0.3) is 11.3 Å². The van der Waals surface area contributed by atoms with E-state index in [1.165, 1.54) is 23.1 Å². The van der Waals surface area contributed by atoms with Gasteiger partial charge in [-0.2, -0.15) is 8.78 Å². The highest BCUT2D eigenvalue weighted by Crippen LogP contribution is 2.33. The maximum Gasteiger partial charge on any atom is 0.387 e. The summed E-state index contributed by atoms with van der Waals surface area (Å²) in [6, 6.07) is 9.29. The SMILES string of the molecule is Cc1nc(C(=O)N(C)C)ccc1C(=O)Nc1nc(-c2ccccc2OC(F)F)cs1. The van der Waals surface area contributed by atoms with Crippen LogP contribution in [-0.4, -0.2) is 47.4 Å². The fourth-order valence-corrected chi connectivity index (χ4v) is 3.35. The molecule has 2 heterocycles. The zero-order valence-electron chi connectivity index (χ0n) is 16.3. The predicted molar refractivity (Wildman–Crippen MR) is 109 cm³/mol. The van der Waals surface area contributed by atoms with Gasteiger partial charge < -0.3 is 9.64 Å². The number of aryl methyl sites for hydroxylation is 1. The molecule has 0 spiro atoms. The molecule has 3 rings (SSSR count). The number of pyridine rings is 1. The fraction of sp³-hybridized carbons (Fsp3) is 0.200. The second kappa shape index (κ2) is 8.95. The quantitative estimate of drug-likeness (QED) is 0.635. The van der Waals surface area contributed by atoms with E-state index in [1.807, 2.05) is 0 Å². The molecule has 0 aliphatic carbocycles. The molecule has 10 heteroatoms. The maximum absolute atomic E-state index is 12.6. The van der Waals surface area contributed by atoms with Crippen LogP contribution >= 0.6 is 11.3 Å². The van der Waals surface area contributed by atoms with Gasteiger partial charge in [0.25, 0.3) is 11.8 Å². The largest absolute Gasteiger partial charge is 0.434 e. The number of nitrogens with one attached hydrogen (secondary N) is 1. The van der Waals surface area contributed by atoms with Crippen LogP contribution in [0.5, 0.6) is 5.75 Å². The number of amides is 2. The minimum absolute atomic E-state index is 0.00290. The number of aromatic nitrogens is 2. The third-order valence-corrected chi connectivity index (χ3v) is 4.82. The molecule has 1 N–H and O–H groups in total. The number of alkyl halides is 2. The van der Waals surface area contributed by atoms with Gasteiger partial charge in [0.15, 0.2) is 5.13 Å². The first kappa shape index (κ1) is 21.3. The van der Waals surface area contributed by atoms with Crippen LogP contribution in [0.4, 0.5) is 13.9 Å². The molecule has 1 aromatic carbocycles. The Hall–Kier alpha value is -3.40. The van der Waals surface area contributed by atoms with E-state index in [9.17, 15) is 18.4 Å². The van der Waals surface area contributed by atoms with Crippen molar-refractivity contribution in [2.75, 3.05) is 19.4 Å². The highest BCUT2D eigenvalue weighted by atomic mass is 32.1. The van der Waals surface area contributed by atoms with Crippen molar-refractivity contribution in [2.45, 2.75) is 13.5 Å². The zero-order chi connectivity index (χ0) is 21.8. The number of carbonyl (C=O) groups excluding carboxylic acids is 2. The average molecular weight is 432 g/mol. The number of hydrogen-bond donors (Lipinski definition) is 1. The normalized spacial score (nSPS) is 10.7. The third-order valence-electron chi connectivity index (χ3n) is 4.06. The van der Waals surface area contributed by atoms with E-state index in [4.69, 9.17) is 0 Å². The first-order valence-electron chi connectivity index (χ1n) is 8.76. The number of nitrogens with zero attached hydrogens (tertiary/aromatic N) is 3. The second-order valence-electron chi connectivity index (χ2n) is 6.40. The Balaban J connectivity index is 1.79. The number of hydrogen-bond acceptors (Lipinski definition) is 6. The maximum atomic E-state index is 12.6. The molecule has 0 saturated carbocycles. The van der Waals surface area contributed by atoms with Gasteiger partial charge in [0.2, 0.25) is 0 Å². The standard InChI is InChI=1S/C20H18F2N4O3S/c1-11-12(8-9-14(23-11)18(28)26(2)3)17(27)25-20-24-15(10-30-20)13-6-4-5-7-16(13)29-19(21)22/h4-10,19H,1-3H3,(H,24,25,27). The summed E-state index contributed by atoms with van der Waals surface area (Å²) in [5.74, 6) is -0.710. The summed E-state index contributed by atoms with van der Waals surface area (Å²) in [5, 5.41) is 4.58. The lowest BCUT2D eigenvalue weighted by Gasteiger charge is -2.11. The molecular formula is C20H18F2N4O3S. The van der Waals surface area contributed by atoms with E-state index >= 15 is 0 Å². The molecule has 0 unspecified atom stereocenters. The summed E-state index contributed by atoms with van der Waals surface area (Å²) < 4.78 is 29.8. The zero-order valence-corrected chi connectivity index (χ0v) is 17.2. The van der Waals surface area contributed by atoms with Crippen LogP contribution in [0.3, 0.4) is 0 Å². The van der Waals surface area contributed by atoms with Crippen molar-refractivity contribution in [3.63, 3.8) is 0 Å². The van der Waals surface area contributed by atoms with E-state index in [1.54, 1.807) is 44.6 Å². The molecule has 7 nitrogen and oxygen atoms in total. The number of ether oxygens (including phenoxy) is 1. The number of benzene rings is 1. The Morgan fingerprint density at radius 2 is 1.87 bits per heavy atom. The molecule has 2 amide bonds. The number of thiazole rings is 1. The van der Waals surface area contributed by atoms with Crippen molar-refractivity contribution in [1.82, 2.24) is 14.9 Å². The van der Waals surface area contributed by atoms with E-state index in [0.29, 0.717) is 22.5 Å². The van der Waals surface area contributed by atoms with Crippen LogP contribution in [0, 0.1) is 6.92 Å². The molecule has 0 aliphatic heterocycles. The van der Waals surface area contributed by atoms with Crippen molar-refractivity contribution in [3.05, 3.63) is 58.7 Å². The van der Waals surface area contributed by atoms with Gasteiger partial charge in [-0.05, 0) is 31.2 Å². The molecular weight excluding hydrogens is 414 g/mol. The molecule has 3 aromatic rings. The molecule has 0 fully saturated rings. The van der Waals surface area contributed by atoms with Gasteiger partial charge in [-0.15, -0.1) is 11.3 Å². The lowest BCUT2D eigenvalue weighted by molar-refractivity contribution is -0.0494. The minimum Gasteiger partial charge on any atom is -0.434 e. The molecule has 0 bridgehead atoms. The van der Waals surface area contributed by atoms with E-state index < -0.39 is 12.5 Å². The Morgan fingerprint density at radius 3 is 2.53 bits per heavy atom. The van der Waals surface area contributed by atoms with Gasteiger partial charge in [0.1, 0.15) is 11.4 Å². The number of halogens is 2. The van der Waals surface area contributed by atoms with Crippen molar-refractivity contribution < 1.29 is 23.1 Å². The number of para-hydroxylation sites is 1. The average Bonchev–Trinajstić information content (AvgIpc) is 3.15. The summed E-state index contributed by atoms with van der Waals surface area (Å²) >= 11 is 1.15. The highest BCUT2D eigenvalue weighted by molar-refractivity contribution is 7.14. The summed E-state index contributed by atoms with van der Waals surface area (Å²) in [6.07, 6.45) is 0. The summed E-state index contributed by atoms with van der Waals surface area (Å²) in [5.41, 5.74) is 1.71. The Kier molecular flexibility index (Phi) is 6.36. The Morgan fingerprint density at radius 1 is 1.13 bits per heavy atom. The summed E-state index contributed by atoms with van der Waals surface area (Å²) in [7, 11) is 3.23. The monoisotopic (exact) mass is 432 g/mol. The fourth-order valence-electron chi connectivity index (χ4n) is 2.65. The first-order chi connectivity index (χ1) is 14.3. The first-order valence-corrected chi connectivity index (χ1v) is 9.64. The van der Waals surface area contributed by atoms with Gasteiger partial charge in [-0.1, -0.05) is 12.1 Å². The summed E-state index contributed by atoms with van der Waals surface area (Å²) in [4.78, 5) is 34.5. The number of anilines is 1. The molecule has 2 aromatic heterocycles. The van der Waals surface area contributed by atoms with E-state index in [0.717, 1.165) is 11.3 Å². The number of carbonyl (C=O) groups is 2. The molecule has 0 saturated heterocycles. The van der Waals surface area contributed by atoms with E-state index in [-0.39, 0.29) is 22.5 Å². The predicted octanol–water partition coefficient (Wildman–Crippen LogP) is 4.07. The molecule has 0 aliphatic rings. The molecule has 0 radical (unpaired) electrons. The lowest BCUT2D eigenvalue weighted by atomic mass is 10.1. The van der Waals surface area contributed by atoms with Gasteiger partial charge in [0, 0.05) is 25.0 Å². The lowest BCUT2D eigenvalue weighted by Crippen LogP contribution is -2.23. The smallest absolute Gasteiger partial charge is 0.387 e. The Labute approximate surface area is 175 Å². The van der Waals surface area contributed by atoms with Crippen LogP contribution in [0.15, 0.2) is 41.8 Å². The highest BCUT2D eigenvalue weighted by Gasteiger charge is 2.18. The van der Waals surface area contributed by atoms with Crippen molar-refractivity contribution in [2.24, 2.45) is 0 Å². The third kappa shape index (κ3) is 4.77. The Bertz CT molecular complexity index is 1090. The van der Waals surface area contributed by atoms with Gasteiger partial charge in [0.05, 0.1) is 17.0 Å². The van der Waals surface area contributed by atoms with Crippen LogP contribution < -0.4 is 10.1 Å². The number of rotatable bonds is 6. The molecule has 30 heavy (non-hydrogen) atoms.